The molecule has 0 aliphatic carbocycles. The minimum atomic E-state index is -3.88. The molecule has 6 nitrogen and oxygen atoms in total. The average molecular weight is 581 g/mol. The Balaban J connectivity index is 1.38. The summed E-state index contributed by atoms with van der Waals surface area (Å²) >= 11 is 0. The number of halogens is 1. The molecule has 1 aromatic heterocycles. The first-order chi connectivity index (χ1) is 20.3. The summed E-state index contributed by atoms with van der Waals surface area (Å²) in [6.45, 7) is 2.38. The molecule has 212 valence electrons. The van der Waals surface area contributed by atoms with Crippen molar-refractivity contribution in [3.8, 4) is 22.3 Å². The van der Waals surface area contributed by atoms with Crippen LogP contribution in [-0.2, 0) is 27.8 Å². The second kappa shape index (κ2) is 12.9. The lowest BCUT2D eigenvalue weighted by Gasteiger charge is -2.23. The van der Waals surface area contributed by atoms with Gasteiger partial charge in [0.1, 0.15) is 5.82 Å². The number of pyridine rings is 1. The summed E-state index contributed by atoms with van der Waals surface area (Å²) in [6.07, 6.45) is 3.30. The Bertz CT molecular complexity index is 1740. The van der Waals surface area contributed by atoms with Crippen LogP contribution < -0.4 is 0 Å². The van der Waals surface area contributed by atoms with Gasteiger partial charge in [0.15, 0.2) is 0 Å². The molecular weight excluding hydrogens is 551 g/mol. The molecule has 4 aromatic carbocycles. The summed E-state index contributed by atoms with van der Waals surface area (Å²) < 4.78 is 47.6. The van der Waals surface area contributed by atoms with E-state index in [4.69, 9.17) is 4.74 Å². The summed E-state index contributed by atoms with van der Waals surface area (Å²) in [6, 6.07) is 31.1. The zero-order chi connectivity index (χ0) is 29.5. The Kier molecular flexibility index (Phi) is 8.85. The number of hydrogen-bond acceptors (Lipinski definition) is 5. The molecule has 0 radical (unpaired) electrons. The molecule has 8 heteroatoms. The third-order valence-corrected chi connectivity index (χ3v) is 8.60. The van der Waals surface area contributed by atoms with Crippen molar-refractivity contribution >= 4 is 16.0 Å². The van der Waals surface area contributed by atoms with Gasteiger partial charge in [0, 0.05) is 25.5 Å². The Morgan fingerprint density at radius 1 is 0.738 bits per heavy atom. The third kappa shape index (κ3) is 6.79. The maximum absolute atomic E-state index is 13.9. The van der Waals surface area contributed by atoms with Crippen LogP contribution in [0.25, 0.3) is 22.3 Å². The van der Waals surface area contributed by atoms with Crippen LogP contribution in [0.2, 0.25) is 0 Å². The van der Waals surface area contributed by atoms with E-state index >= 15 is 0 Å². The van der Waals surface area contributed by atoms with Crippen LogP contribution in [0.3, 0.4) is 0 Å². The predicted octanol–water partition coefficient (Wildman–Crippen LogP) is 7.12. The summed E-state index contributed by atoms with van der Waals surface area (Å²) in [5.74, 6) is -0.691. The molecule has 1 heterocycles. The van der Waals surface area contributed by atoms with Gasteiger partial charge in [-0.3, -0.25) is 4.98 Å². The number of carbonyl (C=O) groups excluding carboxylic acids is 1. The van der Waals surface area contributed by atoms with E-state index in [9.17, 15) is 17.6 Å². The number of carbonyl (C=O) groups is 1. The van der Waals surface area contributed by atoms with Crippen LogP contribution in [0.15, 0.2) is 126 Å². The second-order valence-corrected chi connectivity index (χ2v) is 11.6. The molecular formula is C34H29FN2O4S. The maximum Gasteiger partial charge on any atom is 0.338 e. The molecule has 0 fully saturated rings. The van der Waals surface area contributed by atoms with Gasteiger partial charge in [-0.05, 0) is 82.8 Å². The normalized spacial score (nSPS) is 11.4. The summed E-state index contributed by atoms with van der Waals surface area (Å²) in [5.41, 5.74) is 5.52. The standard InChI is InChI=1S/C34H29FN2O4S/c1-2-41-34(38)31-11-9-28(10-12-31)27-7-5-25(6-8-27)23-37(24-26-4-3-21-36-22-26)42(39,40)33-19-15-30(16-20-33)29-13-17-32(35)18-14-29/h3-22H,2,23-24H2,1H3. The Labute approximate surface area is 245 Å². The van der Waals surface area contributed by atoms with E-state index in [1.165, 1.54) is 16.4 Å². The molecule has 0 saturated heterocycles. The van der Waals surface area contributed by atoms with Gasteiger partial charge in [-0.25, -0.2) is 17.6 Å². The molecule has 0 saturated carbocycles. The van der Waals surface area contributed by atoms with Gasteiger partial charge in [-0.15, -0.1) is 0 Å². The van der Waals surface area contributed by atoms with Crippen molar-refractivity contribution in [3.05, 3.63) is 144 Å². The first kappa shape index (κ1) is 28.9. The number of ether oxygens (including phenoxy) is 1. The lowest BCUT2D eigenvalue weighted by atomic mass is 10.0. The van der Waals surface area contributed by atoms with Crippen LogP contribution in [0.4, 0.5) is 4.39 Å². The smallest absolute Gasteiger partial charge is 0.338 e. The molecule has 0 atom stereocenters. The van der Waals surface area contributed by atoms with E-state index in [0.717, 1.165) is 33.4 Å². The van der Waals surface area contributed by atoms with Crippen molar-refractivity contribution in [1.82, 2.24) is 9.29 Å². The molecule has 5 rings (SSSR count). The zero-order valence-corrected chi connectivity index (χ0v) is 23.8. The van der Waals surface area contributed by atoms with Crippen LogP contribution in [0.5, 0.6) is 0 Å². The first-order valence-corrected chi connectivity index (χ1v) is 14.9. The molecule has 0 spiro atoms. The molecule has 42 heavy (non-hydrogen) atoms. The van der Waals surface area contributed by atoms with Gasteiger partial charge in [0.25, 0.3) is 0 Å². The second-order valence-electron chi connectivity index (χ2n) is 9.66. The van der Waals surface area contributed by atoms with Gasteiger partial charge >= 0.3 is 5.97 Å². The lowest BCUT2D eigenvalue weighted by Crippen LogP contribution is -2.30. The SMILES string of the molecule is CCOC(=O)c1ccc(-c2ccc(CN(Cc3cccnc3)S(=O)(=O)c3ccc(-c4ccc(F)cc4)cc3)cc2)cc1. The number of sulfonamides is 1. The number of rotatable bonds is 10. The highest BCUT2D eigenvalue weighted by atomic mass is 32.2. The van der Waals surface area contributed by atoms with Crippen molar-refractivity contribution in [2.24, 2.45) is 0 Å². The highest BCUT2D eigenvalue weighted by molar-refractivity contribution is 7.89. The van der Waals surface area contributed by atoms with Gasteiger partial charge in [0.2, 0.25) is 10.0 Å². The van der Waals surface area contributed by atoms with E-state index in [0.29, 0.717) is 12.2 Å². The third-order valence-electron chi connectivity index (χ3n) is 6.79. The van der Waals surface area contributed by atoms with Crippen molar-refractivity contribution < 1.29 is 22.3 Å². The van der Waals surface area contributed by atoms with E-state index in [-0.39, 0.29) is 29.8 Å². The van der Waals surface area contributed by atoms with Gasteiger partial charge in [-0.2, -0.15) is 4.31 Å². The largest absolute Gasteiger partial charge is 0.462 e. The van der Waals surface area contributed by atoms with E-state index in [1.54, 1.807) is 73.9 Å². The zero-order valence-electron chi connectivity index (χ0n) is 23.0. The van der Waals surface area contributed by atoms with Crippen molar-refractivity contribution in [2.75, 3.05) is 6.61 Å². The lowest BCUT2D eigenvalue weighted by molar-refractivity contribution is 0.0526. The fourth-order valence-corrected chi connectivity index (χ4v) is 5.97. The first-order valence-electron chi connectivity index (χ1n) is 13.4. The van der Waals surface area contributed by atoms with Crippen LogP contribution >= 0.6 is 0 Å². The van der Waals surface area contributed by atoms with Crippen molar-refractivity contribution in [1.29, 1.82) is 0 Å². The summed E-state index contributed by atoms with van der Waals surface area (Å²) in [5, 5.41) is 0. The molecule has 0 unspecified atom stereocenters. The van der Waals surface area contributed by atoms with Gasteiger partial charge in [0.05, 0.1) is 17.1 Å². The minimum Gasteiger partial charge on any atom is -0.462 e. The molecule has 0 N–H and O–H groups in total. The highest BCUT2D eigenvalue weighted by Crippen LogP contribution is 2.27. The van der Waals surface area contributed by atoms with E-state index in [1.807, 2.05) is 42.5 Å². The van der Waals surface area contributed by atoms with Crippen LogP contribution in [-0.4, -0.2) is 30.3 Å². The number of hydrogen-bond donors (Lipinski definition) is 0. The van der Waals surface area contributed by atoms with Crippen molar-refractivity contribution in [3.63, 3.8) is 0 Å². The van der Waals surface area contributed by atoms with E-state index in [2.05, 4.69) is 4.98 Å². The summed E-state index contributed by atoms with van der Waals surface area (Å²) in [4.78, 5) is 16.3. The summed E-state index contributed by atoms with van der Waals surface area (Å²) in [7, 11) is -3.88. The molecule has 0 amide bonds. The Morgan fingerprint density at radius 3 is 1.81 bits per heavy atom. The van der Waals surface area contributed by atoms with Crippen molar-refractivity contribution in [2.45, 2.75) is 24.9 Å². The number of esters is 1. The van der Waals surface area contributed by atoms with Crippen LogP contribution in [0.1, 0.15) is 28.4 Å². The fourth-order valence-electron chi connectivity index (χ4n) is 4.55. The maximum atomic E-state index is 13.9. The van der Waals surface area contributed by atoms with E-state index < -0.39 is 10.0 Å². The molecule has 0 aliphatic heterocycles. The van der Waals surface area contributed by atoms with Gasteiger partial charge < -0.3 is 4.74 Å². The van der Waals surface area contributed by atoms with Crippen LogP contribution in [0, 0.1) is 5.82 Å². The fraction of sp³-hybridized carbons (Fsp3) is 0.118. The molecule has 0 aliphatic rings. The highest BCUT2D eigenvalue weighted by Gasteiger charge is 2.25. The monoisotopic (exact) mass is 580 g/mol. The number of benzene rings is 4. The topological polar surface area (TPSA) is 76.6 Å². The average Bonchev–Trinajstić information content (AvgIpc) is 3.02. The number of aromatic nitrogens is 1. The Morgan fingerprint density at radius 2 is 1.26 bits per heavy atom. The predicted molar refractivity (Wildman–Crippen MR) is 160 cm³/mol. The minimum absolute atomic E-state index is 0.146. The Hall–Kier alpha value is -4.66. The number of nitrogens with zero attached hydrogens (tertiary/aromatic N) is 2. The molecule has 0 bridgehead atoms. The molecule has 5 aromatic rings. The quantitative estimate of drug-likeness (QED) is 0.164. The van der Waals surface area contributed by atoms with Gasteiger partial charge in [-0.1, -0.05) is 66.7 Å².